The first-order valence-corrected chi connectivity index (χ1v) is 7.22. The van der Waals surface area contributed by atoms with Crippen molar-refractivity contribution in [2.75, 3.05) is 13.1 Å². The summed E-state index contributed by atoms with van der Waals surface area (Å²) in [6.07, 6.45) is 1.27. The molecule has 21 heavy (non-hydrogen) atoms. The van der Waals surface area contributed by atoms with Crippen molar-refractivity contribution in [2.24, 2.45) is 0 Å². The van der Waals surface area contributed by atoms with E-state index >= 15 is 0 Å². The summed E-state index contributed by atoms with van der Waals surface area (Å²) >= 11 is 0. The molecule has 0 aliphatic heterocycles. The molecule has 0 spiro atoms. The van der Waals surface area contributed by atoms with E-state index in [0.29, 0.717) is 0 Å². The molecule has 1 rings (SSSR count). The van der Waals surface area contributed by atoms with Gasteiger partial charge in [0.2, 0.25) is 10.0 Å². The van der Waals surface area contributed by atoms with Gasteiger partial charge in [-0.1, -0.05) is 6.08 Å². The lowest BCUT2D eigenvalue weighted by Crippen LogP contribution is -2.36. The molecule has 8 nitrogen and oxygen atoms in total. The Kier molecular flexibility index (Phi) is 5.17. The van der Waals surface area contributed by atoms with E-state index in [2.05, 4.69) is 6.58 Å². The average molecular weight is 314 g/mol. The quantitative estimate of drug-likeness (QED) is 0.458. The third kappa shape index (κ3) is 3.86. The van der Waals surface area contributed by atoms with Crippen molar-refractivity contribution in [1.82, 2.24) is 4.31 Å². The number of sulfonamides is 1. The standard InChI is InChI=1S/C12H14N2O6S/c1-3-6-13(8-12(15)16)21(19,20)11-5-4-10(14(17)18)7-9(11)2/h3-5,7H,1,6,8H2,2H3,(H,15,16). The highest BCUT2D eigenvalue weighted by Crippen LogP contribution is 2.24. The van der Waals surface area contributed by atoms with Gasteiger partial charge in [-0.2, -0.15) is 4.31 Å². The van der Waals surface area contributed by atoms with Gasteiger partial charge >= 0.3 is 5.97 Å². The molecule has 1 aromatic rings. The summed E-state index contributed by atoms with van der Waals surface area (Å²) in [4.78, 5) is 20.6. The maximum Gasteiger partial charge on any atom is 0.318 e. The van der Waals surface area contributed by atoms with Crippen LogP contribution in [0.3, 0.4) is 0 Å². The number of hydrogen-bond acceptors (Lipinski definition) is 5. The molecule has 114 valence electrons. The van der Waals surface area contributed by atoms with Gasteiger partial charge < -0.3 is 5.11 Å². The first-order valence-electron chi connectivity index (χ1n) is 5.78. The number of non-ortho nitro benzene ring substituents is 1. The Morgan fingerprint density at radius 3 is 2.57 bits per heavy atom. The molecule has 0 fully saturated rings. The van der Waals surface area contributed by atoms with Gasteiger partial charge in [-0.25, -0.2) is 8.42 Å². The van der Waals surface area contributed by atoms with Gasteiger partial charge in [0.1, 0.15) is 6.54 Å². The minimum absolute atomic E-state index is 0.170. The van der Waals surface area contributed by atoms with E-state index in [9.17, 15) is 23.3 Å². The smallest absolute Gasteiger partial charge is 0.318 e. The fourth-order valence-corrected chi connectivity index (χ4v) is 3.28. The van der Waals surface area contributed by atoms with Crippen LogP contribution >= 0.6 is 0 Å². The van der Waals surface area contributed by atoms with Crippen LogP contribution in [0.4, 0.5) is 5.69 Å². The zero-order valence-electron chi connectivity index (χ0n) is 11.2. The van der Waals surface area contributed by atoms with Gasteiger partial charge in [0.15, 0.2) is 0 Å². The second-order valence-corrected chi connectivity index (χ2v) is 6.09. The van der Waals surface area contributed by atoms with Crippen molar-refractivity contribution >= 4 is 21.7 Å². The van der Waals surface area contributed by atoms with Crippen LogP contribution in [0, 0.1) is 17.0 Å². The minimum atomic E-state index is -4.07. The highest BCUT2D eigenvalue weighted by atomic mass is 32.2. The number of carboxylic acid groups (broad SMARTS) is 1. The molecule has 0 aliphatic carbocycles. The third-order valence-corrected chi connectivity index (χ3v) is 4.60. The van der Waals surface area contributed by atoms with E-state index in [4.69, 9.17) is 5.11 Å². The van der Waals surface area contributed by atoms with Crippen LogP contribution in [0.1, 0.15) is 5.56 Å². The van der Waals surface area contributed by atoms with Crippen LogP contribution in [-0.4, -0.2) is 41.8 Å². The molecule has 1 N–H and O–H groups in total. The Morgan fingerprint density at radius 1 is 1.52 bits per heavy atom. The molecule has 0 atom stereocenters. The highest BCUT2D eigenvalue weighted by molar-refractivity contribution is 7.89. The lowest BCUT2D eigenvalue weighted by atomic mass is 10.2. The Labute approximate surface area is 121 Å². The summed E-state index contributed by atoms with van der Waals surface area (Å²) in [6.45, 7) is 3.90. The maximum atomic E-state index is 12.4. The molecule has 0 amide bonds. The Bertz CT molecular complexity index is 683. The second-order valence-electron chi connectivity index (χ2n) is 4.19. The number of hydrogen-bond donors (Lipinski definition) is 1. The lowest BCUT2D eigenvalue weighted by Gasteiger charge is -2.19. The van der Waals surface area contributed by atoms with Crippen molar-refractivity contribution in [2.45, 2.75) is 11.8 Å². The topological polar surface area (TPSA) is 118 Å². The van der Waals surface area contributed by atoms with E-state index in [1.165, 1.54) is 13.0 Å². The maximum absolute atomic E-state index is 12.4. The van der Waals surface area contributed by atoms with E-state index in [1.54, 1.807) is 0 Å². The summed E-state index contributed by atoms with van der Waals surface area (Å²) in [7, 11) is -4.07. The van der Waals surface area contributed by atoms with E-state index in [-0.39, 0.29) is 22.7 Å². The monoisotopic (exact) mass is 314 g/mol. The van der Waals surface area contributed by atoms with Gasteiger partial charge in [-0.05, 0) is 18.6 Å². The predicted octanol–water partition coefficient (Wildman–Crippen LogP) is 1.16. The molecule has 0 aliphatic rings. The molecule has 0 unspecified atom stereocenters. The van der Waals surface area contributed by atoms with Crippen LogP contribution in [0.2, 0.25) is 0 Å². The molecule has 9 heteroatoms. The van der Waals surface area contributed by atoms with Gasteiger partial charge in [0.25, 0.3) is 5.69 Å². The predicted molar refractivity (Wildman–Crippen MR) is 74.4 cm³/mol. The highest BCUT2D eigenvalue weighted by Gasteiger charge is 2.27. The zero-order chi connectivity index (χ0) is 16.2. The number of rotatable bonds is 7. The number of aryl methyl sites for hydroxylation is 1. The summed E-state index contributed by atoms with van der Waals surface area (Å²) < 4.78 is 25.5. The van der Waals surface area contributed by atoms with Crippen molar-refractivity contribution in [3.8, 4) is 0 Å². The molecular weight excluding hydrogens is 300 g/mol. The number of nitro groups is 1. The average Bonchev–Trinajstić information content (AvgIpc) is 2.37. The summed E-state index contributed by atoms with van der Waals surface area (Å²) in [6, 6.07) is 3.28. The summed E-state index contributed by atoms with van der Waals surface area (Å²) in [5.74, 6) is -1.31. The van der Waals surface area contributed by atoms with E-state index in [1.807, 2.05) is 0 Å². The zero-order valence-corrected chi connectivity index (χ0v) is 12.0. The Morgan fingerprint density at radius 2 is 2.14 bits per heavy atom. The number of nitro benzene ring substituents is 1. The summed E-state index contributed by atoms with van der Waals surface area (Å²) in [5, 5.41) is 19.4. The van der Waals surface area contributed by atoms with Gasteiger partial charge in [0.05, 0.1) is 9.82 Å². The third-order valence-electron chi connectivity index (χ3n) is 2.63. The number of nitrogens with zero attached hydrogens (tertiary/aromatic N) is 2. The fourth-order valence-electron chi connectivity index (χ4n) is 1.72. The molecule has 0 saturated carbocycles. The van der Waals surface area contributed by atoms with Crippen LogP contribution < -0.4 is 0 Å². The molecular formula is C12H14N2O6S. The van der Waals surface area contributed by atoms with Crippen molar-refractivity contribution < 1.29 is 23.2 Å². The number of aliphatic carboxylic acids is 1. The van der Waals surface area contributed by atoms with Gasteiger partial charge in [-0.15, -0.1) is 6.58 Å². The SMILES string of the molecule is C=CCN(CC(=O)O)S(=O)(=O)c1ccc([N+](=O)[O-])cc1C. The number of carbonyl (C=O) groups is 1. The van der Waals surface area contributed by atoms with Crippen molar-refractivity contribution in [3.05, 3.63) is 46.5 Å². The number of benzene rings is 1. The molecule has 0 radical (unpaired) electrons. The summed E-state index contributed by atoms with van der Waals surface area (Å²) in [5.41, 5.74) is -0.0661. The molecule has 0 aromatic heterocycles. The Balaban J connectivity index is 3.30. The van der Waals surface area contributed by atoms with Gasteiger partial charge in [0, 0.05) is 18.7 Å². The molecule has 0 saturated heterocycles. The van der Waals surface area contributed by atoms with Gasteiger partial charge in [-0.3, -0.25) is 14.9 Å². The molecule has 1 aromatic carbocycles. The van der Waals surface area contributed by atoms with Crippen LogP contribution in [0.25, 0.3) is 0 Å². The van der Waals surface area contributed by atoms with E-state index in [0.717, 1.165) is 22.5 Å². The second kappa shape index (κ2) is 6.46. The minimum Gasteiger partial charge on any atom is -0.480 e. The fraction of sp³-hybridized carbons (Fsp3) is 0.250. The molecule has 0 heterocycles. The van der Waals surface area contributed by atoms with Crippen LogP contribution in [0.15, 0.2) is 35.7 Å². The van der Waals surface area contributed by atoms with Crippen molar-refractivity contribution in [3.63, 3.8) is 0 Å². The first-order chi connectivity index (χ1) is 9.70. The first kappa shape index (κ1) is 16.8. The van der Waals surface area contributed by atoms with Crippen molar-refractivity contribution in [1.29, 1.82) is 0 Å². The van der Waals surface area contributed by atoms with E-state index < -0.39 is 27.5 Å². The lowest BCUT2D eigenvalue weighted by molar-refractivity contribution is -0.385. The molecule has 0 bridgehead atoms. The largest absolute Gasteiger partial charge is 0.480 e. The number of carboxylic acids is 1. The van der Waals surface area contributed by atoms with Crippen LogP contribution in [0.5, 0.6) is 0 Å². The van der Waals surface area contributed by atoms with Crippen LogP contribution in [-0.2, 0) is 14.8 Å². The normalized spacial score (nSPS) is 11.3. The Hall–Kier alpha value is -2.26.